The molecular formula is C35H37NO8S. The van der Waals surface area contributed by atoms with Crippen molar-refractivity contribution in [3.05, 3.63) is 144 Å². The largest absolute Gasteiger partial charge is 0.368 e. The Morgan fingerprint density at radius 1 is 0.800 bits per heavy atom. The molecule has 1 aliphatic heterocycles. The van der Waals surface area contributed by atoms with Gasteiger partial charge in [-0.05, 0) is 22.3 Å². The number of nitrogens with one attached hydrogen (secondary N) is 1. The van der Waals surface area contributed by atoms with E-state index in [2.05, 4.69) is 5.32 Å². The van der Waals surface area contributed by atoms with E-state index in [0.29, 0.717) is 0 Å². The Labute approximate surface area is 263 Å². The maximum absolute atomic E-state index is 12.6. The van der Waals surface area contributed by atoms with Crippen LogP contribution >= 0.6 is 0 Å². The molecule has 236 valence electrons. The molecule has 1 saturated heterocycles. The van der Waals surface area contributed by atoms with E-state index in [4.69, 9.17) is 18.4 Å². The number of hydrogen-bond donors (Lipinski definition) is 2. The molecule has 1 fully saturated rings. The lowest BCUT2D eigenvalue weighted by molar-refractivity contribution is -0.264. The lowest BCUT2D eigenvalue weighted by atomic mass is 9.80. The predicted molar refractivity (Wildman–Crippen MR) is 168 cm³/mol. The van der Waals surface area contributed by atoms with Gasteiger partial charge in [-0.2, -0.15) is 8.42 Å². The second kappa shape index (κ2) is 14.5. The lowest BCUT2D eigenvalue weighted by Crippen LogP contribution is -2.65. The van der Waals surface area contributed by atoms with E-state index in [-0.39, 0.29) is 13.2 Å². The maximum atomic E-state index is 12.6. The molecule has 5 atom stereocenters. The third kappa shape index (κ3) is 7.85. The highest BCUT2D eigenvalue weighted by Crippen LogP contribution is 2.41. The molecule has 0 bridgehead atoms. The molecular weight excluding hydrogens is 594 g/mol. The van der Waals surface area contributed by atoms with E-state index in [1.165, 1.54) is 6.92 Å². The molecule has 2 N–H and O–H groups in total. The summed E-state index contributed by atoms with van der Waals surface area (Å²) in [6.45, 7) is 1.14. The van der Waals surface area contributed by atoms with Crippen LogP contribution in [-0.4, -0.2) is 62.9 Å². The van der Waals surface area contributed by atoms with Crippen molar-refractivity contribution in [3.8, 4) is 0 Å². The average Bonchev–Trinajstić information content (AvgIpc) is 3.04. The summed E-state index contributed by atoms with van der Waals surface area (Å²) < 4.78 is 50.0. The van der Waals surface area contributed by atoms with Crippen molar-refractivity contribution in [2.24, 2.45) is 0 Å². The van der Waals surface area contributed by atoms with Gasteiger partial charge in [0.1, 0.15) is 30.0 Å². The van der Waals surface area contributed by atoms with Crippen LogP contribution in [0, 0.1) is 0 Å². The molecule has 2 unspecified atom stereocenters. The fourth-order valence-electron chi connectivity index (χ4n) is 5.70. The molecule has 4 aromatic carbocycles. The number of hydrogen-bond acceptors (Lipinski definition) is 8. The second-order valence-corrected chi connectivity index (χ2v) is 12.5. The van der Waals surface area contributed by atoms with Gasteiger partial charge in [0.05, 0.1) is 19.5 Å². The number of benzene rings is 4. The number of carbonyl (C=O) groups is 1. The van der Waals surface area contributed by atoms with E-state index in [1.54, 1.807) is 0 Å². The molecule has 5 rings (SSSR count). The molecule has 4 aromatic rings. The zero-order chi connectivity index (χ0) is 31.9. The van der Waals surface area contributed by atoms with Gasteiger partial charge in [0.2, 0.25) is 5.91 Å². The molecule has 0 saturated carbocycles. The Morgan fingerprint density at radius 3 is 1.71 bits per heavy atom. The first-order valence-corrected chi connectivity index (χ1v) is 16.4. The number of amides is 1. The monoisotopic (exact) mass is 631 g/mol. The molecule has 45 heavy (non-hydrogen) atoms. The number of aliphatic hydroxyl groups is 1. The molecule has 1 amide bonds. The molecule has 9 nitrogen and oxygen atoms in total. The minimum Gasteiger partial charge on any atom is -0.368 e. The number of carbonyl (C=O) groups excluding carboxylic acids is 1. The third-order valence-electron chi connectivity index (χ3n) is 7.61. The van der Waals surface area contributed by atoms with Gasteiger partial charge in [-0.3, -0.25) is 8.98 Å². The first kappa shape index (κ1) is 32.5. The summed E-state index contributed by atoms with van der Waals surface area (Å²) in [6, 6.07) is 37.1. The molecule has 0 radical (unpaired) electrons. The highest BCUT2D eigenvalue weighted by atomic mass is 32.2. The van der Waals surface area contributed by atoms with Crippen LogP contribution in [0.25, 0.3) is 0 Å². The van der Waals surface area contributed by atoms with Gasteiger partial charge in [-0.1, -0.05) is 121 Å². The molecule has 10 heteroatoms. The Bertz CT molecular complexity index is 1530. The fraction of sp³-hybridized carbons (Fsp3) is 0.286. The predicted octanol–water partition coefficient (Wildman–Crippen LogP) is 4.15. The van der Waals surface area contributed by atoms with Crippen LogP contribution in [0.4, 0.5) is 0 Å². The van der Waals surface area contributed by atoms with E-state index in [1.807, 2.05) is 121 Å². The first-order valence-electron chi connectivity index (χ1n) is 14.6. The standard InChI is InChI=1S/C35H37NO8S/c1-25(37)36-31-33(41-23-26-15-7-3-8-16-26)32(44-45(2,39)40)30(43-34(31)38)24-42-35(27-17-9-4-10-18-27,28-19-11-5-12-20-28)29-21-13-6-14-22-29/h3-22,30-34,38H,23-24H2,1-2H3,(H,36,37)/t30?,31?,32-,33-,34+/m1/s1. The summed E-state index contributed by atoms with van der Waals surface area (Å²) in [6.07, 6.45) is -4.16. The average molecular weight is 632 g/mol. The Morgan fingerprint density at radius 2 is 1.27 bits per heavy atom. The van der Waals surface area contributed by atoms with Crippen molar-refractivity contribution in [3.63, 3.8) is 0 Å². The third-order valence-corrected chi connectivity index (χ3v) is 8.18. The van der Waals surface area contributed by atoms with Crippen LogP contribution in [0.1, 0.15) is 29.2 Å². The van der Waals surface area contributed by atoms with Crippen molar-refractivity contribution in [2.45, 2.75) is 49.8 Å². The highest BCUT2D eigenvalue weighted by molar-refractivity contribution is 7.86. The van der Waals surface area contributed by atoms with Gasteiger partial charge in [0.15, 0.2) is 6.29 Å². The van der Waals surface area contributed by atoms with Gasteiger partial charge in [-0.25, -0.2) is 0 Å². The molecule has 0 aromatic heterocycles. The minimum absolute atomic E-state index is 0.0630. The smallest absolute Gasteiger partial charge is 0.264 e. The van der Waals surface area contributed by atoms with Crippen molar-refractivity contribution < 1.29 is 36.7 Å². The van der Waals surface area contributed by atoms with E-state index in [0.717, 1.165) is 28.5 Å². The minimum atomic E-state index is -4.06. The summed E-state index contributed by atoms with van der Waals surface area (Å²) in [5.41, 5.74) is 2.14. The van der Waals surface area contributed by atoms with Gasteiger partial charge in [-0.15, -0.1) is 0 Å². The van der Waals surface area contributed by atoms with Crippen molar-refractivity contribution in [2.75, 3.05) is 12.9 Å². The van der Waals surface area contributed by atoms with Crippen molar-refractivity contribution >= 4 is 16.0 Å². The molecule has 1 aliphatic rings. The van der Waals surface area contributed by atoms with E-state index < -0.39 is 52.3 Å². The van der Waals surface area contributed by atoms with Crippen LogP contribution in [0.3, 0.4) is 0 Å². The molecule has 0 spiro atoms. The normalized spacial score (nSPS) is 22.1. The summed E-state index contributed by atoms with van der Waals surface area (Å²) >= 11 is 0. The van der Waals surface area contributed by atoms with Gasteiger partial charge in [0, 0.05) is 6.92 Å². The van der Waals surface area contributed by atoms with Crippen LogP contribution in [0.15, 0.2) is 121 Å². The highest BCUT2D eigenvalue weighted by Gasteiger charge is 2.50. The first-order chi connectivity index (χ1) is 21.7. The van der Waals surface area contributed by atoms with Crippen LogP contribution < -0.4 is 5.32 Å². The second-order valence-electron chi connectivity index (χ2n) is 10.9. The summed E-state index contributed by atoms with van der Waals surface area (Å²) in [7, 11) is -4.06. The van der Waals surface area contributed by atoms with Crippen molar-refractivity contribution in [1.82, 2.24) is 5.32 Å². The zero-order valence-electron chi connectivity index (χ0n) is 25.1. The maximum Gasteiger partial charge on any atom is 0.264 e. The summed E-state index contributed by atoms with van der Waals surface area (Å²) in [5.74, 6) is -0.458. The van der Waals surface area contributed by atoms with Gasteiger partial charge < -0.3 is 24.6 Å². The van der Waals surface area contributed by atoms with Gasteiger partial charge >= 0.3 is 0 Å². The summed E-state index contributed by atoms with van der Waals surface area (Å²) in [5, 5.41) is 13.8. The lowest BCUT2D eigenvalue weighted by Gasteiger charge is -2.45. The molecule has 0 aliphatic carbocycles. The summed E-state index contributed by atoms with van der Waals surface area (Å²) in [4.78, 5) is 12.2. The topological polar surface area (TPSA) is 120 Å². The Hall–Kier alpha value is -3.90. The van der Waals surface area contributed by atoms with Crippen LogP contribution in [0.2, 0.25) is 0 Å². The van der Waals surface area contributed by atoms with E-state index >= 15 is 0 Å². The zero-order valence-corrected chi connectivity index (χ0v) is 25.9. The van der Waals surface area contributed by atoms with Crippen LogP contribution in [0.5, 0.6) is 0 Å². The fourth-order valence-corrected chi connectivity index (χ4v) is 6.34. The number of rotatable bonds is 12. The SMILES string of the molecule is CC(=O)NC1[C@@H](OCc2ccccc2)[C@H](OS(C)(=O)=O)C(COC(c2ccccc2)(c2ccccc2)c2ccccc2)O[C@@H]1O. The van der Waals surface area contributed by atoms with Gasteiger partial charge in [0.25, 0.3) is 10.1 Å². The Kier molecular flexibility index (Phi) is 10.4. The quantitative estimate of drug-likeness (QED) is 0.177. The van der Waals surface area contributed by atoms with E-state index in [9.17, 15) is 18.3 Å². The molecule has 1 heterocycles. The number of aliphatic hydroxyl groups excluding tert-OH is 1. The van der Waals surface area contributed by atoms with Crippen LogP contribution in [-0.2, 0) is 45.5 Å². The Balaban J connectivity index is 1.56. The number of ether oxygens (including phenoxy) is 3. The van der Waals surface area contributed by atoms with Crippen molar-refractivity contribution in [1.29, 1.82) is 0 Å².